The van der Waals surface area contributed by atoms with Crippen LogP contribution < -0.4 is 0 Å². The predicted octanol–water partition coefficient (Wildman–Crippen LogP) is 4.18. The van der Waals surface area contributed by atoms with Gasteiger partial charge in [-0.25, -0.2) is 0 Å². The van der Waals surface area contributed by atoms with E-state index in [4.69, 9.17) is 0 Å². The molecule has 3 rings (SSSR count). The largest absolute Gasteiger partial charge is 0.334 e. The van der Waals surface area contributed by atoms with E-state index in [-0.39, 0.29) is 23.2 Å². The minimum atomic E-state index is 0.0361. The molecule has 0 radical (unpaired) electrons. The highest BCUT2D eigenvalue weighted by atomic mass is 32.2. The van der Waals surface area contributed by atoms with Gasteiger partial charge in [-0.3, -0.25) is 9.59 Å². The van der Waals surface area contributed by atoms with Crippen LogP contribution in [-0.4, -0.2) is 46.5 Å². The van der Waals surface area contributed by atoms with Gasteiger partial charge in [0, 0.05) is 19.1 Å². The lowest BCUT2D eigenvalue weighted by Crippen LogP contribution is -2.43. The van der Waals surface area contributed by atoms with E-state index < -0.39 is 0 Å². The standard InChI is InChI=1S/C20H24N2O2S2/c1-14(2)21(19(24)17-5-4-12-25-17)10-11-22-18(23)13-26-20(22)16-8-6-15(3)7-9-16/h4-9,12,14,20H,10-11,13H2,1-3H3/t20-/m1/s1. The number of carbonyl (C=O) groups is 2. The molecule has 1 aromatic heterocycles. The summed E-state index contributed by atoms with van der Waals surface area (Å²) in [5.74, 6) is 0.688. The maximum Gasteiger partial charge on any atom is 0.264 e. The van der Waals surface area contributed by atoms with E-state index in [1.807, 2.05) is 41.2 Å². The number of benzene rings is 1. The second-order valence-electron chi connectivity index (χ2n) is 6.73. The number of hydrogen-bond donors (Lipinski definition) is 0. The van der Waals surface area contributed by atoms with Gasteiger partial charge >= 0.3 is 0 Å². The fourth-order valence-corrected chi connectivity index (χ4v) is 4.95. The topological polar surface area (TPSA) is 40.6 Å². The summed E-state index contributed by atoms with van der Waals surface area (Å²) in [7, 11) is 0. The molecule has 0 unspecified atom stereocenters. The van der Waals surface area contributed by atoms with Gasteiger partial charge in [0.05, 0.1) is 10.6 Å². The Labute approximate surface area is 163 Å². The van der Waals surface area contributed by atoms with Gasteiger partial charge in [0.1, 0.15) is 5.37 Å². The third kappa shape index (κ3) is 4.13. The van der Waals surface area contributed by atoms with Crippen molar-refractivity contribution in [3.63, 3.8) is 0 Å². The fourth-order valence-electron chi connectivity index (χ4n) is 3.05. The highest BCUT2D eigenvalue weighted by Crippen LogP contribution is 2.38. The van der Waals surface area contributed by atoms with Crippen LogP contribution in [0.3, 0.4) is 0 Å². The average Bonchev–Trinajstić information content (AvgIpc) is 3.26. The summed E-state index contributed by atoms with van der Waals surface area (Å²) < 4.78 is 0. The van der Waals surface area contributed by atoms with Crippen LogP contribution >= 0.6 is 23.1 Å². The van der Waals surface area contributed by atoms with E-state index in [9.17, 15) is 9.59 Å². The molecule has 138 valence electrons. The molecule has 1 aliphatic heterocycles. The molecule has 2 heterocycles. The molecular weight excluding hydrogens is 364 g/mol. The van der Waals surface area contributed by atoms with Crippen molar-refractivity contribution in [3.05, 3.63) is 57.8 Å². The summed E-state index contributed by atoms with van der Waals surface area (Å²) in [6, 6.07) is 12.2. The second-order valence-corrected chi connectivity index (χ2v) is 8.75. The Hall–Kier alpha value is -1.79. The Kier molecular flexibility index (Phi) is 6.04. The zero-order valence-electron chi connectivity index (χ0n) is 15.3. The van der Waals surface area contributed by atoms with Crippen LogP contribution in [0.15, 0.2) is 41.8 Å². The van der Waals surface area contributed by atoms with E-state index >= 15 is 0 Å². The average molecular weight is 389 g/mol. The van der Waals surface area contributed by atoms with Gasteiger partial charge in [0.15, 0.2) is 0 Å². The lowest BCUT2D eigenvalue weighted by atomic mass is 10.1. The van der Waals surface area contributed by atoms with Gasteiger partial charge in [-0.1, -0.05) is 35.9 Å². The molecule has 2 aromatic rings. The van der Waals surface area contributed by atoms with Crippen LogP contribution in [0.2, 0.25) is 0 Å². The molecule has 26 heavy (non-hydrogen) atoms. The monoisotopic (exact) mass is 388 g/mol. The van der Waals surface area contributed by atoms with Crippen molar-refractivity contribution in [1.82, 2.24) is 9.80 Å². The number of thioether (sulfide) groups is 1. The minimum Gasteiger partial charge on any atom is -0.334 e. The Bertz CT molecular complexity index is 757. The SMILES string of the molecule is Cc1ccc([C@H]2SCC(=O)N2CCN(C(=O)c2cccs2)C(C)C)cc1. The summed E-state index contributed by atoms with van der Waals surface area (Å²) in [5.41, 5.74) is 2.36. The van der Waals surface area contributed by atoms with Gasteiger partial charge in [-0.2, -0.15) is 0 Å². The van der Waals surface area contributed by atoms with Gasteiger partial charge < -0.3 is 9.80 Å². The zero-order chi connectivity index (χ0) is 18.7. The quantitative estimate of drug-likeness (QED) is 0.745. The van der Waals surface area contributed by atoms with E-state index in [0.29, 0.717) is 18.8 Å². The van der Waals surface area contributed by atoms with Crippen LogP contribution in [0.1, 0.15) is 40.0 Å². The molecule has 0 saturated carbocycles. The maximum absolute atomic E-state index is 12.8. The molecular formula is C20H24N2O2S2. The van der Waals surface area contributed by atoms with Crippen molar-refractivity contribution in [2.24, 2.45) is 0 Å². The van der Waals surface area contributed by atoms with E-state index in [2.05, 4.69) is 31.2 Å². The fraction of sp³-hybridized carbons (Fsp3) is 0.400. The smallest absolute Gasteiger partial charge is 0.264 e. The molecule has 4 nitrogen and oxygen atoms in total. The number of hydrogen-bond acceptors (Lipinski definition) is 4. The van der Waals surface area contributed by atoms with Crippen LogP contribution in [0, 0.1) is 6.92 Å². The molecule has 1 aromatic carbocycles. The minimum absolute atomic E-state index is 0.0361. The third-order valence-corrected chi connectivity index (χ3v) is 6.64. The first kappa shape index (κ1) is 19.0. The van der Waals surface area contributed by atoms with Crippen molar-refractivity contribution in [2.45, 2.75) is 32.2 Å². The van der Waals surface area contributed by atoms with Gasteiger partial charge in [0.2, 0.25) is 5.91 Å². The second kappa shape index (κ2) is 8.27. The molecule has 0 N–H and O–H groups in total. The summed E-state index contributed by atoms with van der Waals surface area (Å²) >= 11 is 3.12. The van der Waals surface area contributed by atoms with Crippen molar-refractivity contribution < 1.29 is 9.59 Å². The lowest BCUT2D eigenvalue weighted by Gasteiger charge is -2.31. The highest BCUT2D eigenvalue weighted by Gasteiger charge is 2.33. The summed E-state index contributed by atoms with van der Waals surface area (Å²) in [4.78, 5) is 29.7. The van der Waals surface area contributed by atoms with Crippen molar-refractivity contribution in [2.75, 3.05) is 18.8 Å². The number of thiophene rings is 1. The first-order valence-corrected chi connectivity index (χ1v) is 10.7. The molecule has 0 bridgehead atoms. The predicted molar refractivity (Wildman–Crippen MR) is 109 cm³/mol. The molecule has 1 fully saturated rings. The Morgan fingerprint density at radius 2 is 2.00 bits per heavy atom. The van der Waals surface area contributed by atoms with E-state index in [1.54, 1.807) is 11.8 Å². The number of aryl methyl sites for hydroxylation is 1. The van der Waals surface area contributed by atoms with Gasteiger partial charge in [-0.15, -0.1) is 23.1 Å². The summed E-state index contributed by atoms with van der Waals surface area (Å²) in [5, 5.41) is 1.95. The number of carbonyl (C=O) groups excluding carboxylic acids is 2. The van der Waals surface area contributed by atoms with E-state index in [0.717, 1.165) is 10.4 Å². The maximum atomic E-state index is 12.8. The normalized spacial score (nSPS) is 17.2. The Balaban J connectivity index is 1.71. The van der Waals surface area contributed by atoms with Crippen molar-refractivity contribution in [3.8, 4) is 0 Å². The van der Waals surface area contributed by atoms with Gasteiger partial charge in [-0.05, 0) is 37.8 Å². The number of nitrogens with zero attached hydrogens (tertiary/aromatic N) is 2. The number of rotatable bonds is 6. The van der Waals surface area contributed by atoms with Gasteiger partial charge in [0.25, 0.3) is 5.91 Å². The summed E-state index contributed by atoms with van der Waals surface area (Å²) in [6.45, 7) is 7.20. The van der Waals surface area contributed by atoms with Crippen molar-refractivity contribution >= 4 is 34.9 Å². The van der Waals surface area contributed by atoms with Crippen LogP contribution in [0.25, 0.3) is 0 Å². The molecule has 0 spiro atoms. The van der Waals surface area contributed by atoms with Crippen LogP contribution in [0.5, 0.6) is 0 Å². The van der Waals surface area contributed by atoms with E-state index in [1.165, 1.54) is 16.9 Å². The molecule has 2 amide bonds. The number of amides is 2. The zero-order valence-corrected chi connectivity index (χ0v) is 17.0. The Morgan fingerprint density at radius 1 is 1.27 bits per heavy atom. The van der Waals surface area contributed by atoms with Crippen LogP contribution in [0.4, 0.5) is 0 Å². The molecule has 6 heteroatoms. The third-order valence-electron chi connectivity index (χ3n) is 4.53. The Morgan fingerprint density at radius 3 is 2.62 bits per heavy atom. The molecule has 1 aliphatic rings. The van der Waals surface area contributed by atoms with Crippen molar-refractivity contribution in [1.29, 1.82) is 0 Å². The lowest BCUT2D eigenvalue weighted by molar-refractivity contribution is -0.128. The highest BCUT2D eigenvalue weighted by molar-refractivity contribution is 8.00. The first-order valence-electron chi connectivity index (χ1n) is 8.79. The van der Waals surface area contributed by atoms with Crippen LogP contribution in [-0.2, 0) is 4.79 Å². The summed E-state index contributed by atoms with van der Waals surface area (Å²) in [6.07, 6.45) is 0. The molecule has 1 saturated heterocycles. The first-order chi connectivity index (χ1) is 12.5. The molecule has 1 atom stereocenters. The molecule has 0 aliphatic carbocycles.